The summed E-state index contributed by atoms with van der Waals surface area (Å²) >= 11 is 0. The van der Waals surface area contributed by atoms with Crippen LogP contribution in [0.4, 0.5) is 0 Å². The van der Waals surface area contributed by atoms with E-state index < -0.39 is 0 Å². The summed E-state index contributed by atoms with van der Waals surface area (Å²) in [5.74, 6) is 0.715. The number of piperazine rings is 1. The molecule has 4 nitrogen and oxygen atoms in total. The van der Waals surface area contributed by atoms with Gasteiger partial charge in [-0.15, -0.1) is 0 Å². The first-order chi connectivity index (χ1) is 7.61. The molecule has 1 rings (SSSR count). The number of hydrogen-bond acceptors (Lipinski definition) is 3. The summed E-state index contributed by atoms with van der Waals surface area (Å²) < 4.78 is 0. The van der Waals surface area contributed by atoms with Crippen molar-refractivity contribution in [3.63, 3.8) is 0 Å². The molecule has 4 heteroatoms. The van der Waals surface area contributed by atoms with Crippen LogP contribution in [0.3, 0.4) is 0 Å². The fraction of sp³-hybridized carbons (Fsp3) is 0.917. The molecule has 0 saturated carbocycles. The minimum Gasteiger partial charge on any atom is -0.355 e. The molecule has 0 radical (unpaired) electrons. The maximum atomic E-state index is 11.7. The minimum absolute atomic E-state index is 0.114. The molecule has 1 amide bonds. The van der Waals surface area contributed by atoms with Crippen molar-refractivity contribution >= 4 is 5.91 Å². The lowest BCUT2D eigenvalue weighted by Crippen LogP contribution is -2.46. The van der Waals surface area contributed by atoms with Crippen LogP contribution in [0, 0.1) is 11.8 Å². The summed E-state index contributed by atoms with van der Waals surface area (Å²) in [6, 6.07) is 0. The highest BCUT2D eigenvalue weighted by Crippen LogP contribution is 2.08. The molecule has 0 aromatic rings. The number of rotatable bonds is 5. The van der Waals surface area contributed by atoms with Crippen LogP contribution in [0.25, 0.3) is 0 Å². The van der Waals surface area contributed by atoms with Gasteiger partial charge in [-0.05, 0) is 5.92 Å². The van der Waals surface area contributed by atoms with E-state index in [-0.39, 0.29) is 11.8 Å². The van der Waals surface area contributed by atoms with Crippen LogP contribution in [-0.2, 0) is 4.79 Å². The van der Waals surface area contributed by atoms with Gasteiger partial charge in [0.25, 0.3) is 0 Å². The maximum Gasteiger partial charge on any atom is 0.223 e. The Hall–Kier alpha value is -0.610. The third kappa shape index (κ3) is 4.49. The monoisotopic (exact) mass is 227 g/mol. The van der Waals surface area contributed by atoms with Crippen LogP contribution in [0.5, 0.6) is 0 Å². The Morgan fingerprint density at radius 1 is 1.31 bits per heavy atom. The molecule has 1 unspecified atom stereocenters. The van der Waals surface area contributed by atoms with E-state index in [2.05, 4.69) is 29.4 Å². The summed E-state index contributed by atoms with van der Waals surface area (Å²) in [7, 11) is 0. The predicted octanol–water partition coefficient (Wildman–Crippen LogP) is 0.300. The molecule has 1 aliphatic heterocycles. The van der Waals surface area contributed by atoms with Crippen LogP contribution in [-0.4, -0.2) is 50.1 Å². The van der Waals surface area contributed by atoms with Gasteiger partial charge in [-0.3, -0.25) is 9.69 Å². The number of carbonyl (C=O) groups is 1. The Balaban J connectivity index is 2.12. The van der Waals surface area contributed by atoms with Gasteiger partial charge in [-0.25, -0.2) is 0 Å². The fourth-order valence-electron chi connectivity index (χ4n) is 1.74. The highest BCUT2D eigenvalue weighted by atomic mass is 16.1. The highest BCUT2D eigenvalue weighted by Gasteiger charge is 2.16. The molecule has 1 atom stereocenters. The van der Waals surface area contributed by atoms with Gasteiger partial charge in [0, 0.05) is 45.2 Å². The quantitative estimate of drug-likeness (QED) is 0.710. The first kappa shape index (κ1) is 13.5. The van der Waals surface area contributed by atoms with E-state index >= 15 is 0 Å². The Morgan fingerprint density at radius 3 is 2.50 bits per heavy atom. The van der Waals surface area contributed by atoms with Gasteiger partial charge in [0.05, 0.1) is 0 Å². The zero-order chi connectivity index (χ0) is 12.0. The molecular formula is C12H25N3O. The van der Waals surface area contributed by atoms with Crippen LogP contribution in [0.15, 0.2) is 0 Å². The van der Waals surface area contributed by atoms with Crippen LogP contribution in [0.2, 0.25) is 0 Å². The zero-order valence-corrected chi connectivity index (χ0v) is 10.8. The Morgan fingerprint density at radius 2 is 1.94 bits per heavy atom. The van der Waals surface area contributed by atoms with Gasteiger partial charge >= 0.3 is 0 Å². The van der Waals surface area contributed by atoms with Crippen molar-refractivity contribution in [1.29, 1.82) is 0 Å². The van der Waals surface area contributed by atoms with Gasteiger partial charge in [-0.2, -0.15) is 0 Å². The Kier molecular flexibility index (Phi) is 5.77. The molecule has 2 N–H and O–H groups in total. The van der Waals surface area contributed by atoms with E-state index in [0.29, 0.717) is 5.92 Å². The molecule has 1 saturated heterocycles. The number of amides is 1. The maximum absolute atomic E-state index is 11.7. The van der Waals surface area contributed by atoms with Crippen molar-refractivity contribution in [2.45, 2.75) is 20.8 Å². The Bertz CT molecular complexity index is 212. The molecule has 94 valence electrons. The zero-order valence-electron chi connectivity index (χ0n) is 10.8. The van der Waals surface area contributed by atoms with Gasteiger partial charge in [0.1, 0.15) is 0 Å². The molecule has 1 fully saturated rings. The van der Waals surface area contributed by atoms with E-state index in [1.54, 1.807) is 0 Å². The van der Waals surface area contributed by atoms with Crippen LogP contribution >= 0.6 is 0 Å². The number of carbonyl (C=O) groups excluding carboxylic acids is 1. The van der Waals surface area contributed by atoms with Gasteiger partial charge < -0.3 is 10.6 Å². The lowest BCUT2D eigenvalue weighted by molar-refractivity contribution is -0.125. The second-order valence-corrected chi connectivity index (χ2v) is 4.92. The molecule has 1 aliphatic rings. The summed E-state index contributed by atoms with van der Waals surface area (Å²) in [6.07, 6.45) is 0. The second-order valence-electron chi connectivity index (χ2n) is 4.92. The lowest BCUT2D eigenvalue weighted by atomic mass is 9.97. The van der Waals surface area contributed by atoms with Crippen molar-refractivity contribution in [2.24, 2.45) is 11.8 Å². The van der Waals surface area contributed by atoms with Gasteiger partial charge in [0.2, 0.25) is 5.91 Å². The van der Waals surface area contributed by atoms with Crippen molar-refractivity contribution in [3.8, 4) is 0 Å². The van der Waals surface area contributed by atoms with Crippen molar-refractivity contribution < 1.29 is 4.79 Å². The molecule has 1 heterocycles. The molecule has 0 spiro atoms. The minimum atomic E-state index is 0.114. The second kappa shape index (κ2) is 6.86. The molecule has 0 aromatic heterocycles. The average molecular weight is 227 g/mol. The predicted molar refractivity (Wildman–Crippen MR) is 66.3 cm³/mol. The van der Waals surface area contributed by atoms with E-state index in [4.69, 9.17) is 0 Å². The number of hydrogen-bond donors (Lipinski definition) is 2. The smallest absolute Gasteiger partial charge is 0.223 e. The molecule has 16 heavy (non-hydrogen) atoms. The summed E-state index contributed by atoms with van der Waals surface area (Å²) in [5, 5.41) is 6.33. The van der Waals surface area contributed by atoms with Crippen molar-refractivity contribution in [1.82, 2.24) is 15.5 Å². The lowest BCUT2D eigenvalue weighted by Gasteiger charge is -2.27. The standard InChI is InChI=1S/C12H25N3O/c1-10(2)11(3)12(16)14-6-9-15-7-4-13-5-8-15/h10-11,13H,4-9H2,1-3H3,(H,14,16). The van der Waals surface area contributed by atoms with Crippen LogP contribution in [0.1, 0.15) is 20.8 Å². The summed E-state index contributed by atoms with van der Waals surface area (Å²) in [4.78, 5) is 14.1. The number of nitrogens with one attached hydrogen (secondary N) is 2. The van der Waals surface area contributed by atoms with Gasteiger partial charge in [-0.1, -0.05) is 20.8 Å². The fourth-order valence-corrected chi connectivity index (χ4v) is 1.74. The summed E-state index contributed by atoms with van der Waals surface area (Å²) in [6.45, 7) is 12.2. The topological polar surface area (TPSA) is 44.4 Å². The highest BCUT2D eigenvalue weighted by molar-refractivity contribution is 5.78. The van der Waals surface area contributed by atoms with E-state index in [0.717, 1.165) is 39.3 Å². The first-order valence-corrected chi connectivity index (χ1v) is 6.32. The molecule has 0 bridgehead atoms. The molecule has 0 aliphatic carbocycles. The van der Waals surface area contributed by atoms with E-state index in [9.17, 15) is 4.79 Å². The average Bonchev–Trinajstić information content (AvgIpc) is 2.29. The largest absolute Gasteiger partial charge is 0.355 e. The van der Waals surface area contributed by atoms with Crippen molar-refractivity contribution in [3.05, 3.63) is 0 Å². The number of nitrogens with zero attached hydrogens (tertiary/aromatic N) is 1. The van der Waals surface area contributed by atoms with E-state index in [1.165, 1.54) is 0 Å². The first-order valence-electron chi connectivity index (χ1n) is 6.32. The van der Waals surface area contributed by atoms with Gasteiger partial charge in [0.15, 0.2) is 0 Å². The SMILES string of the molecule is CC(C)C(C)C(=O)NCCN1CCNCC1. The molecular weight excluding hydrogens is 202 g/mol. The Labute approximate surface area is 98.8 Å². The third-order valence-electron chi connectivity index (χ3n) is 3.35. The normalized spacial score (nSPS) is 19.8. The summed E-state index contributed by atoms with van der Waals surface area (Å²) in [5.41, 5.74) is 0. The van der Waals surface area contributed by atoms with E-state index in [1.807, 2.05) is 6.92 Å². The third-order valence-corrected chi connectivity index (χ3v) is 3.35. The van der Waals surface area contributed by atoms with Crippen molar-refractivity contribution in [2.75, 3.05) is 39.3 Å². The van der Waals surface area contributed by atoms with Crippen LogP contribution < -0.4 is 10.6 Å². The molecule has 0 aromatic carbocycles.